The maximum Gasteiger partial charge on any atom is 0.337 e. The first kappa shape index (κ1) is 18.0. The third-order valence-corrected chi connectivity index (χ3v) is 5.37. The van der Waals surface area contributed by atoms with Crippen molar-refractivity contribution >= 4 is 11.9 Å². The van der Waals surface area contributed by atoms with Gasteiger partial charge in [0.25, 0.3) is 0 Å². The first-order valence-electron chi connectivity index (χ1n) is 8.56. The Labute approximate surface area is 152 Å². The molecule has 0 saturated heterocycles. The van der Waals surface area contributed by atoms with Crippen molar-refractivity contribution in [2.75, 3.05) is 14.2 Å². The van der Waals surface area contributed by atoms with Crippen molar-refractivity contribution in [3.63, 3.8) is 0 Å². The van der Waals surface area contributed by atoms with E-state index >= 15 is 0 Å². The fraction of sp³-hybridized carbons (Fsp3) is 0.333. The summed E-state index contributed by atoms with van der Waals surface area (Å²) in [5, 5.41) is 9.96. The highest BCUT2D eigenvalue weighted by Crippen LogP contribution is 2.48. The molecule has 0 amide bonds. The van der Waals surface area contributed by atoms with Crippen LogP contribution in [0.25, 0.3) is 0 Å². The van der Waals surface area contributed by atoms with Gasteiger partial charge in [0.15, 0.2) is 0 Å². The lowest BCUT2D eigenvalue weighted by Gasteiger charge is -2.25. The van der Waals surface area contributed by atoms with E-state index in [4.69, 9.17) is 9.47 Å². The van der Waals surface area contributed by atoms with Crippen LogP contribution in [0, 0.1) is 0 Å². The fourth-order valence-electron chi connectivity index (χ4n) is 3.83. The maximum absolute atomic E-state index is 12.1. The van der Waals surface area contributed by atoms with Crippen molar-refractivity contribution in [3.05, 3.63) is 65.2 Å². The highest BCUT2D eigenvalue weighted by Gasteiger charge is 2.47. The molecule has 1 N–H and O–H groups in total. The Kier molecular flexibility index (Phi) is 4.98. The van der Waals surface area contributed by atoms with E-state index in [1.54, 1.807) is 31.4 Å². The van der Waals surface area contributed by atoms with Gasteiger partial charge in [0.05, 0.1) is 25.2 Å². The van der Waals surface area contributed by atoms with Gasteiger partial charge < -0.3 is 14.6 Å². The molecule has 2 aromatic carbocycles. The molecule has 3 rings (SSSR count). The second-order valence-corrected chi connectivity index (χ2v) is 6.67. The van der Waals surface area contributed by atoms with Crippen LogP contribution in [0.5, 0.6) is 5.75 Å². The molecule has 1 aliphatic carbocycles. The molecule has 5 heteroatoms. The van der Waals surface area contributed by atoms with E-state index in [0.29, 0.717) is 24.2 Å². The molecule has 2 atom stereocenters. The van der Waals surface area contributed by atoms with Gasteiger partial charge in [-0.15, -0.1) is 0 Å². The summed E-state index contributed by atoms with van der Waals surface area (Å²) in [5.74, 6) is -0.320. The van der Waals surface area contributed by atoms with Gasteiger partial charge in [-0.1, -0.05) is 24.3 Å². The number of rotatable bonds is 5. The summed E-state index contributed by atoms with van der Waals surface area (Å²) in [4.78, 5) is 23.7. The first-order chi connectivity index (χ1) is 12.5. The number of carboxylic acid groups (broad SMARTS) is 1. The van der Waals surface area contributed by atoms with Gasteiger partial charge in [-0.25, -0.2) is 4.79 Å². The SMILES string of the molecule is COC(=O)c1ccc(C2CCC(C(=O)O)(c3ccc(OC)cc3)C2)cc1. The van der Waals surface area contributed by atoms with Gasteiger partial charge in [0, 0.05) is 0 Å². The van der Waals surface area contributed by atoms with Crippen LogP contribution in [0.2, 0.25) is 0 Å². The number of benzene rings is 2. The van der Waals surface area contributed by atoms with Crippen molar-refractivity contribution in [2.24, 2.45) is 0 Å². The molecule has 1 saturated carbocycles. The molecule has 1 aliphatic rings. The second kappa shape index (κ2) is 7.20. The number of hydrogen-bond donors (Lipinski definition) is 1. The lowest BCUT2D eigenvalue weighted by molar-refractivity contribution is -0.143. The number of methoxy groups -OCH3 is 2. The zero-order valence-electron chi connectivity index (χ0n) is 14.9. The Hall–Kier alpha value is -2.82. The Morgan fingerprint density at radius 1 is 1.04 bits per heavy atom. The molecule has 0 heterocycles. The van der Waals surface area contributed by atoms with Gasteiger partial charge in [0.2, 0.25) is 0 Å². The number of esters is 1. The highest BCUT2D eigenvalue weighted by molar-refractivity contribution is 5.89. The molecular weight excluding hydrogens is 332 g/mol. The molecule has 2 unspecified atom stereocenters. The molecule has 5 nitrogen and oxygen atoms in total. The summed E-state index contributed by atoms with van der Waals surface area (Å²) in [7, 11) is 2.94. The summed E-state index contributed by atoms with van der Waals surface area (Å²) >= 11 is 0. The molecule has 2 aromatic rings. The monoisotopic (exact) mass is 354 g/mol. The van der Waals surface area contributed by atoms with Crippen molar-refractivity contribution < 1.29 is 24.2 Å². The van der Waals surface area contributed by atoms with Crippen molar-refractivity contribution in [1.82, 2.24) is 0 Å². The minimum Gasteiger partial charge on any atom is -0.497 e. The van der Waals surface area contributed by atoms with Crippen LogP contribution >= 0.6 is 0 Å². The Balaban J connectivity index is 1.85. The highest BCUT2D eigenvalue weighted by atomic mass is 16.5. The van der Waals surface area contributed by atoms with Gasteiger partial charge in [0.1, 0.15) is 5.75 Å². The van der Waals surface area contributed by atoms with Crippen molar-refractivity contribution in [3.8, 4) is 5.75 Å². The fourth-order valence-corrected chi connectivity index (χ4v) is 3.83. The Bertz CT molecular complexity index is 794. The lowest BCUT2D eigenvalue weighted by atomic mass is 9.77. The average Bonchev–Trinajstić information content (AvgIpc) is 3.14. The second-order valence-electron chi connectivity index (χ2n) is 6.67. The van der Waals surface area contributed by atoms with Crippen LogP contribution < -0.4 is 4.74 Å². The Morgan fingerprint density at radius 3 is 2.23 bits per heavy atom. The topological polar surface area (TPSA) is 72.8 Å². The summed E-state index contributed by atoms with van der Waals surface area (Å²) in [6, 6.07) is 14.5. The molecule has 0 spiro atoms. The zero-order chi connectivity index (χ0) is 18.7. The number of carbonyl (C=O) groups is 2. The van der Waals surface area contributed by atoms with Crippen LogP contribution in [-0.4, -0.2) is 31.3 Å². The van der Waals surface area contributed by atoms with E-state index in [1.165, 1.54) is 7.11 Å². The van der Waals surface area contributed by atoms with E-state index in [1.807, 2.05) is 24.3 Å². The molecule has 0 aromatic heterocycles. The van der Waals surface area contributed by atoms with E-state index in [9.17, 15) is 14.7 Å². The average molecular weight is 354 g/mol. The zero-order valence-corrected chi connectivity index (χ0v) is 14.9. The molecule has 0 bridgehead atoms. The largest absolute Gasteiger partial charge is 0.497 e. The number of ether oxygens (including phenoxy) is 2. The van der Waals surface area contributed by atoms with Crippen molar-refractivity contribution in [1.29, 1.82) is 0 Å². The van der Waals surface area contributed by atoms with E-state index in [2.05, 4.69) is 0 Å². The predicted octanol–water partition coefficient (Wildman–Crippen LogP) is 3.77. The number of carboxylic acids is 1. The maximum atomic E-state index is 12.1. The lowest BCUT2D eigenvalue weighted by Crippen LogP contribution is -2.33. The molecule has 136 valence electrons. The summed E-state index contributed by atoms with van der Waals surface area (Å²) in [6.45, 7) is 0. The third kappa shape index (κ3) is 3.17. The molecular formula is C21H22O5. The number of hydrogen-bond acceptors (Lipinski definition) is 4. The van der Waals surface area contributed by atoms with Gasteiger partial charge >= 0.3 is 11.9 Å². The smallest absolute Gasteiger partial charge is 0.337 e. The predicted molar refractivity (Wildman–Crippen MR) is 96.7 cm³/mol. The van der Waals surface area contributed by atoms with Crippen molar-refractivity contribution in [2.45, 2.75) is 30.6 Å². The minimum atomic E-state index is -0.891. The van der Waals surface area contributed by atoms with Gasteiger partial charge in [-0.3, -0.25) is 4.79 Å². The van der Waals surface area contributed by atoms with E-state index in [-0.39, 0.29) is 11.9 Å². The molecule has 0 radical (unpaired) electrons. The Morgan fingerprint density at radius 2 is 1.69 bits per heavy atom. The molecule has 0 aliphatic heterocycles. The minimum absolute atomic E-state index is 0.139. The van der Waals surface area contributed by atoms with Gasteiger partial charge in [-0.05, 0) is 60.6 Å². The molecule has 26 heavy (non-hydrogen) atoms. The molecule has 1 fully saturated rings. The van der Waals surface area contributed by atoms with E-state index in [0.717, 1.165) is 17.5 Å². The number of carbonyl (C=O) groups excluding carboxylic acids is 1. The van der Waals surface area contributed by atoms with Crippen LogP contribution in [0.4, 0.5) is 0 Å². The third-order valence-electron chi connectivity index (χ3n) is 5.37. The van der Waals surface area contributed by atoms with Gasteiger partial charge in [-0.2, -0.15) is 0 Å². The standard InChI is InChI=1S/C21H22O5/c1-25-18-9-7-17(8-10-18)21(20(23)24)12-11-16(13-21)14-3-5-15(6-4-14)19(22)26-2/h3-10,16H,11-13H2,1-2H3,(H,23,24). The van der Waals surface area contributed by atoms with Crippen LogP contribution in [-0.2, 0) is 14.9 Å². The summed E-state index contributed by atoms with van der Waals surface area (Å²) in [6.07, 6.45) is 1.90. The first-order valence-corrected chi connectivity index (χ1v) is 8.56. The van der Waals surface area contributed by atoms with E-state index < -0.39 is 11.4 Å². The van der Waals surface area contributed by atoms with Crippen LogP contribution in [0.15, 0.2) is 48.5 Å². The number of aliphatic carboxylic acids is 1. The van der Waals surface area contributed by atoms with Crippen LogP contribution in [0.3, 0.4) is 0 Å². The summed E-state index contributed by atoms with van der Waals surface area (Å²) in [5.41, 5.74) is 1.46. The normalized spacial score (nSPS) is 22.0. The van der Waals surface area contributed by atoms with Crippen LogP contribution in [0.1, 0.15) is 46.7 Å². The quantitative estimate of drug-likeness (QED) is 0.828. The summed E-state index contributed by atoms with van der Waals surface area (Å²) < 4.78 is 9.89.